The van der Waals surface area contributed by atoms with Crippen molar-refractivity contribution in [3.8, 4) is 11.4 Å². The van der Waals surface area contributed by atoms with Crippen LogP contribution in [-0.2, 0) is 6.67 Å². The average Bonchev–Trinajstić information content (AvgIpc) is 3.00. The Morgan fingerprint density at radius 2 is 1.79 bits per heavy atom. The minimum atomic E-state index is 0.401. The molecule has 4 rings (SSSR count). The van der Waals surface area contributed by atoms with Crippen LogP contribution in [0.1, 0.15) is 57.9 Å². The third kappa shape index (κ3) is 4.33. The summed E-state index contributed by atoms with van der Waals surface area (Å²) in [4.78, 5) is 2.46. The molecule has 0 bridgehead atoms. The van der Waals surface area contributed by atoms with Crippen LogP contribution in [0, 0.1) is 10.7 Å². The van der Waals surface area contributed by atoms with E-state index in [4.69, 9.17) is 40.5 Å². The molecule has 1 saturated heterocycles. The van der Waals surface area contributed by atoms with Crippen molar-refractivity contribution in [1.82, 2.24) is 19.2 Å². The summed E-state index contributed by atoms with van der Waals surface area (Å²) in [6.07, 6.45) is 8.59. The average molecular weight is 439 g/mol. The number of rotatable bonds is 4. The van der Waals surface area contributed by atoms with Gasteiger partial charge in [0.25, 0.3) is 0 Å². The van der Waals surface area contributed by atoms with E-state index >= 15 is 0 Å². The maximum Gasteiger partial charge on any atom is 0.199 e. The third-order valence-corrected chi connectivity index (χ3v) is 7.15. The van der Waals surface area contributed by atoms with E-state index in [0.29, 0.717) is 16.1 Å². The van der Waals surface area contributed by atoms with Gasteiger partial charge in [0.2, 0.25) is 0 Å². The van der Waals surface area contributed by atoms with Gasteiger partial charge in [-0.15, -0.1) is 0 Å². The largest absolute Gasteiger partial charge is 0.297 e. The minimum Gasteiger partial charge on any atom is -0.297 e. The van der Waals surface area contributed by atoms with Crippen LogP contribution in [0.25, 0.3) is 11.4 Å². The lowest BCUT2D eigenvalue weighted by atomic mass is 9.95. The Balaban J connectivity index is 1.72. The summed E-state index contributed by atoms with van der Waals surface area (Å²) in [5, 5.41) is 6.23. The molecule has 0 atom stereocenters. The molecule has 1 aliphatic heterocycles. The maximum absolute atomic E-state index is 6.55. The van der Waals surface area contributed by atoms with Crippen LogP contribution in [0.5, 0.6) is 0 Å². The SMILES string of the molecule is CC1CCN(Cn2nc(-c3ccc(Cl)cc3Cl)n(C3CCCCC3)c2=S)CC1. The molecule has 0 unspecified atom stereocenters. The molecule has 1 aromatic heterocycles. The van der Waals surface area contributed by atoms with Crippen molar-refractivity contribution in [3.05, 3.63) is 33.0 Å². The Bertz CT molecular complexity index is 877. The third-order valence-electron chi connectivity index (χ3n) is 6.19. The van der Waals surface area contributed by atoms with Crippen LogP contribution in [0.2, 0.25) is 10.0 Å². The van der Waals surface area contributed by atoms with Crippen LogP contribution in [0.15, 0.2) is 18.2 Å². The summed E-state index contributed by atoms with van der Waals surface area (Å²) in [5.74, 6) is 1.69. The lowest BCUT2D eigenvalue weighted by molar-refractivity contribution is 0.145. The van der Waals surface area contributed by atoms with Crippen molar-refractivity contribution < 1.29 is 0 Å². The Hall–Kier alpha value is -0.880. The molecule has 0 spiro atoms. The second kappa shape index (κ2) is 8.86. The number of piperidine rings is 1. The first kappa shape index (κ1) is 20.4. The second-order valence-electron chi connectivity index (χ2n) is 8.33. The molecular weight excluding hydrogens is 411 g/mol. The van der Waals surface area contributed by atoms with Gasteiger partial charge in [-0.1, -0.05) is 49.4 Å². The zero-order valence-corrected chi connectivity index (χ0v) is 18.7. The van der Waals surface area contributed by atoms with Crippen LogP contribution in [0.3, 0.4) is 0 Å². The van der Waals surface area contributed by atoms with Crippen molar-refractivity contribution in [1.29, 1.82) is 0 Å². The first-order chi connectivity index (χ1) is 13.5. The van der Waals surface area contributed by atoms with Gasteiger partial charge < -0.3 is 0 Å². The molecule has 1 aliphatic carbocycles. The molecule has 7 heteroatoms. The molecule has 0 radical (unpaired) electrons. The lowest BCUT2D eigenvalue weighted by Crippen LogP contribution is -2.34. The van der Waals surface area contributed by atoms with E-state index in [-0.39, 0.29) is 0 Å². The molecule has 152 valence electrons. The Labute approximate surface area is 182 Å². The van der Waals surface area contributed by atoms with Gasteiger partial charge in [0.15, 0.2) is 10.6 Å². The van der Waals surface area contributed by atoms with Gasteiger partial charge in [0.1, 0.15) is 0 Å². The molecule has 0 amide bonds. The number of halogens is 2. The minimum absolute atomic E-state index is 0.401. The predicted octanol–water partition coefficient (Wildman–Crippen LogP) is 6.58. The fourth-order valence-corrected chi connectivity index (χ4v) is 5.26. The van der Waals surface area contributed by atoms with Crippen LogP contribution in [-0.4, -0.2) is 32.3 Å². The summed E-state index contributed by atoms with van der Waals surface area (Å²) in [7, 11) is 0. The van der Waals surface area contributed by atoms with Gasteiger partial charge in [-0.25, -0.2) is 4.68 Å². The molecule has 0 N–H and O–H groups in total. The summed E-state index contributed by atoms with van der Waals surface area (Å²) in [5.41, 5.74) is 0.911. The van der Waals surface area contributed by atoms with Gasteiger partial charge in [-0.05, 0) is 62.0 Å². The van der Waals surface area contributed by atoms with Crippen LogP contribution in [0.4, 0.5) is 0 Å². The van der Waals surface area contributed by atoms with E-state index in [0.717, 1.165) is 54.7 Å². The summed E-state index contributed by atoms with van der Waals surface area (Å²) >= 11 is 18.6. The van der Waals surface area contributed by atoms with Crippen molar-refractivity contribution in [3.63, 3.8) is 0 Å². The first-order valence-corrected chi connectivity index (χ1v) is 11.6. The zero-order valence-electron chi connectivity index (χ0n) is 16.4. The fraction of sp³-hybridized carbons (Fsp3) is 0.619. The molecule has 4 nitrogen and oxygen atoms in total. The Morgan fingerprint density at radius 3 is 2.46 bits per heavy atom. The standard InChI is InChI=1S/C21H28Cl2N4S/c1-15-9-11-25(12-10-15)14-26-21(28)27(17-5-3-2-4-6-17)20(24-26)18-8-7-16(22)13-19(18)23/h7-8,13,15,17H,2-6,9-12,14H2,1H3. The van der Waals surface area contributed by atoms with Gasteiger partial charge >= 0.3 is 0 Å². The van der Waals surface area contributed by atoms with Gasteiger partial charge in [-0.2, -0.15) is 5.10 Å². The number of hydrogen-bond donors (Lipinski definition) is 0. The number of aromatic nitrogens is 3. The predicted molar refractivity (Wildman–Crippen MR) is 119 cm³/mol. The smallest absolute Gasteiger partial charge is 0.199 e. The molecule has 2 fully saturated rings. The van der Waals surface area contributed by atoms with Crippen LogP contribution < -0.4 is 0 Å². The number of likely N-dealkylation sites (tertiary alicyclic amines) is 1. The Kier molecular flexibility index (Phi) is 6.46. The van der Waals surface area contributed by atoms with Gasteiger partial charge in [0, 0.05) is 29.7 Å². The lowest BCUT2D eigenvalue weighted by Gasteiger charge is -2.29. The van der Waals surface area contributed by atoms with E-state index in [1.807, 2.05) is 16.8 Å². The monoisotopic (exact) mass is 438 g/mol. The molecule has 28 heavy (non-hydrogen) atoms. The van der Waals surface area contributed by atoms with Crippen molar-refractivity contribution in [2.24, 2.45) is 5.92 Å². The normalized spacial score (nSPS) is 20.0. The highest BCUT2D eigenvalue weighted by atomic mass is 35.5. The summed E-state index contributed by atoms with van der Waals surface area (Å²) < 4.78 is 5.07. The first-order valence-electron chi connectivity index (χ1n) is 10.4. The highest BCUT2D eigenvalue weighted by Crippen LogP contribution is 2.35. The summed E-state index contributed by atoms with van der Waals surface area (Å²) in [6, 6.07) is 6.03. The number of nitrogens with zero attached hydrogens (tertiary/aromatic N) is 4. The van der Waals surface area contributed by atoms with Gasteiger partial charge in [-0.3, -0.25) is 9.47 Å². The van der Waals surface area contributed by atoms with E-state index in [1.165, 1.54) is 32.1 Å². The Morgan fingerprint density at radius 1 is 1.07 bits per heavy atom. The molecule has 1 saturated carbocycles. The zero-order chi connectivity index (χ0) is 19.7. The van der Waals surface area contributed by atoms with Crippen molar-refractivity contribution >= 4 is 35.4 Å². The van der Waals surface area contributed by atoms with E-state index in [1.54, 1.807) is 6.07 Å². The van der Waals surface area contributed by atoms with Crippen molar-refractivity contribution in [2.45, 2.75) is 64.6 Å². The van der Waals surface area contributed by atoms with E-state index in [9.17, 15) is 0 Å². The molecular formula is C21H28Cl2N4S. The molecule has 2 aromatic rings. The van der Waals surface area contributed by atoms with Crippen molar-refractivity contribution in [2.75, 3.05) is 13.1 Å². The molecule has 2 aliphatic rings. The highest BCUT2D eigenvalue weighted by Gasteiger charge is 2.25. The highest BCUT2D eigenvalue weighted by molar-refractivity contribution is 7.71. The maximum atomic E-state index is 6.55. The number of hydrogen-bond acceptors (Lipinski definition) is 3. The van der Waals surface area contributed by atoms with Gasteiger partial charge in [0.05, 0.1) is 11.7 Å². The van der Waals surface area contributed by atoms with Crippen LogP contribution >= 0.6 is 35.4 Å². The molecule has 2 heterocycles. The van der Waals surface area contributed by atoms with E-state index in [2.05, 4.69) is 16.4 Å². The summed E-state index contributed by atoms with van der Waals surface area (Å²) in [6.45, 7) is 5.30. The van der Waals surface area contributed by atoms with E-state index < -0.39 is 0 Å². The molecule has 1 aromatic carbocycles. The number of benzene rings is 1. The quantitative estimate of drug-likeness (QED) is 0.503. The topological polar surface area (TPSA) is 26.0 Å². The fourth-order valence-electron chi connectivity index (χ4n) is 4.43. The second-order valence-corrected chi connectivity index (χ2v) is 9.54.